The van der Waals surface area contributed by atoms with Crippen LogP contribution in [0.1, 0.15) is 30.0 Å². The highest BCUT2D eigenvalue weighted by Gasteiger charge is 2.23. The third-order valence-electron chi connectivity index (χ3n) is 4.22. The lowest BCUT2D eigenvalue weighted by Crippen LogP contribution is -2.31. The Balaban J connectivity index is 1.66. The predicted molar refractivity (Wildman–Crippen MR) is 88.8 cm³/mol. The first-order chi connectivity index (χ1) is 11.3. The summed E-state index contributed by atoms with van der Waals surface area (Å²) in [6, 6.07) is 14.0. The molecule has 4 nitrogen and oxygen atoms in total. The maximum Gasteiger partial charge on any atom is 0.224 e. The second kappa shape index (κ2) is 7.88. The summed E-state index contributed by atoms with van der Waals surface area (Å²) in [4.78, 5) is 16.5. The SMILES string of the molecule is O=C(Cc1cccnc1)N[C@H](C[C@@H]1CCOC1)c1ccccc1. The molecule has 1 fully saturated rings. The second-order valence-corrected chi connectivity index (χ2v) is 6.03. The van der Waals surface area contributed by atoms with Gasteiger partial charge in [0.1, 0.15) is 0 Å². The van der Waals surface area contributed by atoms with Crippen LogP contribution >= 0.6 is 0 Å². The number of amides is 1. The monoisotopic (exact) mass is 310 g/mol. The number of hydrogen-bond donors (Lipinski definition) is 1. The first-order valence-electron chi connectivity index (χ1n) is 8.12. The highest BCUT2D eigenvalue weighted by Crippen LogP contribution is 2.26. The summed E-state index contributed by atoms with van der Waals surface area (Å²) in [5.41, 5.74) is 2.08. The number of pyridine rings is 1. The molecule has 0 unspecified atom stereocenters. The van der Waals surface area contributed by atoms with E-state index in [1.54, 1.807) is 12.4 Å². The Hall–Kier alpha value is -2.20. The van der Waals surface area contributed by atoms with Gasteiger partial charge in [-0.3, -0.25) is 9.78 Å². The van der Waals surface area contributed by atoms with Gasteiger partial charge in [0, 0.05) is 25.6 Å². The number of aromatic nitrogens is 1. The van der Waals surface area contributed by atoms with Crippen molar-refractivity contribution < 1.29 is 9.53 Å². The van der Waals surface area contributed by atoms with E-state index in [-0.39, 0.29) is 11.9 Å². The van der Waals surface area contributed by atoms with Gasteiger partial charge >= 0.3 is 0 Å². The quantitative estimate of drug-likeness (QED) is 0.892. The van der Waals surface area contributed by atoms with E-state index in [1.807, 2.05) is 30.3 Å². The summed E-state index contributed by atoms with van der Waals surface area (Å²) in [6.45, 7) is 1.62. The molecule has 0 aliphatic carbocycles. The normalized spacial score (nSPS) is 18.5. The molecule has 1 amide bonds. The smallest absolute Gasteiger partial charge is 0.224 e. The molecule has 1 aromatic carbocycles. The van der Waals surface area contributed by atoms with Crippen molar-refractivity contribution in [3.05, 3.63) is 66.0 Å². The summed E-state index contributed by atoms with van der Waals surface area (Å²) in [7, 11) is 0. The van der Waals surface area contributed by atoms with Gasteiger partial charge < -0.3 is 10.1 Å². The van der Waals surface area contributed by atoms with Crippen LogP contribution in [-0.4, -0.2) is 24.1 Å². The van der Waals surface area contributed by atoms with Crippen LogP contribution in [0.3, 0.4) is 0 Å². The molecule has 0 bridgehead atoms. The van der Waals surface area contributed by atoms with Crippen molar-refractivity contribution in [3.8, 4) is 0 Å². The Kier molecular flexibility index (Phi) is 5.37. The van der Waals surface area contributed by atoms with E-state index in [0.29, 0.717) is 12.3 Å². The third-order valence-corrected chi connectivity index (χ3v) is 4.22. The number of carbonyl (C=O) groups is 1. The minimum absolute atomic E-state index is 0.0331. The number of nitrogens with one attached hydrogen (secondary N) is 1. The van der Waals surface area contributed by atoms with Crippen LogP contribution in [0.2, 0.25) is 0 Å². The Morgan fingerprint density at radius 3 is 2.83 bits per heavy atom. The molecule has 23 heavy (non-hydrogen) atoms. The molecular weight excluding hydrogens is 288 g/mol. The van der Waals surface area contributed by atoms with Crippen LogP contribution in [0.25, 0.3) is 0 Å². The summed E-state index contributed by atoms with van der Waals surface area (Å²) in [5, 5.41) is 3.19. The highest BCUT2D eigenvalue weighted by molar-refractivity contribution is 5.78. The molecule has 1 aliphatic heterocycles. The van der Waals surface area contributed by atoms with Crippen LogP contribution in [0, 0.1) is 5.92 Å². The fourth-order valence-corrected chi connectivity index (χ4v) is 3.00. The predicted octanol–water partition coefficient (Wildman–Crippen LogP) is 2.91. The molecule has 4 heteroatoms. The maximum atomic E-state index is 12.4. The van der Waals surface area contributed by atoms with E-state index in [0.717, 1.165) is 37.2 Å². The summed E-state index contributed by atoms with van der Waals surface area (Å²) < 4.78 is 5.47. The maximum absolute atomic E-state index is 12.4. The highest BCUT2D eigenvalue weighted by atomic mass is 16.5. The Morgan fingerprint density at radius 2 is 2.13 bits per heavy atom. The molecule has 120 valence electrons. The van der Waals surface area contributed by atoms with Crippen molar-refractivity contribution in [2.24, 2.45) is 5.92 Å². The van der Waals surface area contributed by atoms with Gasteiger partial charge in [0.25, 0.3) is 0 Å². The molecular formula is C19H22N2O2. The third kappa shape index (κ3) is 4.63. The number of benzene rings is 1. The van der Waals surface area contributed by atoms with Gasteiger partial charge in [-0.1, -0.05) is 36.4 Å². The summed E-state index contributed by atoms with van der Waals surface area (Å²) >= 11 is 0. The molecule has 1 saturated heterocycles. The standard InChI is InChI=1S/C19H22N2O2/c22-19(12-15-5-4-9-20-13-15)21-18(11-16-8-10-23-14-16)17-6-2-1-3-7-17/h1-7,9,13,16,18H,8,10-12,14H2,(H,21,22)/t16-,18+/m0/s1. The largest absolute Gasteiger partial charge is 0.381 e. The topological polar surface area (TPSA) is 51.2 Å². The van der Waals surface area contributed by atoms with Gasteiger partial charge in [-0.15, -0.1) is 0 Å². The van der Waals surface area contributed by atoms with Gasteiger partial charge in [0.15, 0.2) is 0 Å². The van der Waals surface area contributed by atoms with Crippen LogP contribution < -0.4 is 5.32 Å². The first-order valence-corrected chi connectivity index (χ1v) is 8.12. The van der Waals surface area contributed by atoms with Crippen molar-refractivity contribution in [1.29, 1.82) is 0 Å². The van der Waals surface area contributed by atoms with Crippen molar-refractivity contribution in [2.45, 2.75) is 25.3 Å². The molecule has 1 N–H and O–H groups in total. The first kappa shape index (κ1) is 15.7. The van der Waals surface area contributed by atoms with Gasteiger partial charge in [0.2, 0.25) is 5.91 Å². The van der Waals surface area contributed by atoms with Gasteiger partial charge in [0.05, 0.1) is 12.5 Å². The summed E-state index contributed by atoms with van der Waals surface area (Å²) in [5.74, 6) is 0.546. The molecule has 0 spiro atoms. The van der Waals surface area contributed by atoms with E-state index in [1.165, 1.54) is 0 Å². The number of rotatable bonds is 6. The fraction of sp³-hybridized carbons (Fsp3) is 0.368. The number of hydrogen-bond acceptors (Lipinski definition) is 3. The fourth-order valence-electron chi connectivity index (χ4n) is 3.00. The number of ether oxygens (including phenoxy) is 1. The van der Waals surface area contributed by atoms with Gasteiger partial charge in [-0.05, 0) is 36.0 Å². The molecule has 3 rings (SSSR count). The van der Waals surface area contributed by atoms with E-state index in [2.05, 4.69) is 22.4 Å². The van der Waals surface area contributed by atoms with E-state index in [9.17, 15) is 4.79 Å². The van der Waals surface area contributed by atoms with Crippen LogP contribution in [0.15, 0.2) is 54.9 Å². The molecule has 2 aromatic rings. The van der Waals surface area contributed by atoms with E-state index >= 15 is 0 Å². The molecule has 0 radical (unpaired) electrons. The average Bonchev–Trinajstić information content (AvgIpc) is 3.09. The minimum atomic E-state index is 0.0331. The van der Waals surface area contributed by atoms with Crippen molar-refractivity contribution in [1.82, 2.24) is 10.3 Å². The lowest BCUT2D eigenvalue weighted by molar-refractivity contribution is -0.121. The molecule has 2 heterocycles. The van der Waals surface area contributed by atoms with Crippen LogP contribution in [-0.2, 0) is 16.0 Å². The average molecular weight is 310 g/mol. The number of carbonyl (C=O) groups excluding carboxylic acids is 1. The molecule has 1 aliphatic rings. The molecule has 1 aromatic heterocycles. The van der Waals surface area contributed by atoms with E-state index < -0.39 is 0 Å². The summed E-state index contributed by atoms with van der Waals surface area (Å²) in [6.07, 6.45) is 5.80. The van der Waals surface area contributed by atoms with Crippen molar-refractivity contribution >= 4 is 5.91 Å². The van der Waals surface area contributed by atoms with Crippen LogP contribution in [0.5, 0.6) is 0 Å². The zero-order chi connectivity index (χ0) is 15.9. The van der Waals surface area contributed by atoms with Crippen molar-refractivity contribution in [3.63, 3.8) is 0 Å². The van der Waals surface area contributed by atoms with Crippen molar-refractivity contribution in [2.75, 3.05) is 13.2 Å². The number of nitrogens with zero attached hydrogens (tertiary/aromatic N) is 1. The second-order valence-electron chi connectivity index (χ2n) is 6.03. The Bertz CT molecular complexity index is 610. The zero-order valence-electron chi connectivity index (χ0n) is 13.2. The lowest BCUT2D eigenvalue weighted by atomic mass is 9.94. The molecule has 0 saturated carbocycles. The van der Waals surface area contributed by atoms with E-state index in [4.69, 9.17) is 4.74 Å². The molecule has 2 atom stereocenters. The van der Waals surface area contributed by atoms with Crippen LogP contribution in [0.4, 0.5) is 0 Å². The minimum Gasteiger partial charge on any atom is -0.381 e. The van der Waals surface area contributed by atoms with Gasteiger partial charge in [-0.25, -0.2) is 0 Å². The Labute approximate surface area is 136 Å². The Morgan fingerprint density at radius 1 is 1.26 bits per heavy atom. The van der Waals surface area contributed by atoms with Gasteiger partial charge in [-0.2, -0.15) is 0 Å². The zero-order valence-corrected chi connectivity index (χ0v) is 13.2. The lowest BCUT2D eigenvalue weighted by Gasteiger charge is -2.22.